The van der Waals surface area contributed by atoms with E-state index in [0.717, 1.165) is 25.3 Å². The van der Waals surface area contributed by atoms with E-state index in [0.29, 0.717) is 0 Å². The molecule has 1 aromatic heterocycles. The molecule has 0 aromatic carbocycles. The molecule has 3 nitrogen and oxygen atoms in total. The molecular formula is C10H14ClN3. The lowest BCUT2D eigenvalue weighted by Crippen LogP contribution is -2.29. The summed E-state index contributed by atoms with van der Waals surface area (Å²) in [4.78, 5) is 4.34. The smallest absolute Gasteiger partial charge is 0.0953 e. The molecule has 1 aromatic rings. The minimum Gasteiger partial charge on any atom is -0.337 e. The number of halogens is 1. The Kier molecular flexibility index (Phi) is 2.89. The number of rotatable bonds is 2. The Labute approximate surface area is 88.8 Å². The lowest BCUT2D eigenvalue weighted by molar-refractivity contribution is 0.741. The maximum Gasteiger partial charge on any atom is 0.0953 e. The summed E-state index contributed by atoms with van der Waals surface area (Å²) in [5.74, 6) is 0. The van der Waals surface area contributed by atoms with Gasteiger partial charge >= 0.3 is 0 Å². The molecule has 1 unspecified atom stereocenters. The van der Waals surface area contributed by atoms with Crippen LogP contribution in [0.4, 0.5) is 0 Å². The molecule has 0 saturated carbocycles. The second kappa shape index (κ2) is 4.15. The zero-order valence-corrected chi connectivity index (χ0v) is 8.96. The Bertz CT molecular complexity index is 343. The van der Waals surface area contributed by atoms with Crippen LogP contribution in [0.3, 0.4) is 0 Å². The topological polar surface area (TPSA) is 29.9 Å². The quantitative estimate of drug-likeness (QED) is 0.752. The van der Waals surface area contributed by atoms with E-state index in [1.807, 2.05) is 6.33 Å². The minimum atomic E-state index is 0.0885. The van der Waals surface area contributed by atoms with E-state index >= 15 is 0 Å². The van der Waals surface area contributed by atoms with Gasteiger partial charge in [0.25, 0.3) is 0 Å². The van der Waals surface area contributed by atoms with Crippen molar-refractivity contribution >= 4 is 17.2 Å². The predicted octanol–water partition coefficient (Wildman–Crippen LogP) is 1.50. The molecule has 14 heavy (non-hydrogen) atoms. The fraction of sp³-hybridized carbons (Fsp3) is 0.500. The first-order chi connectivity index (χ1) is 6.79. The van der Waals surface area contributed by atoms with E-state index < -0.39 is 0 Å². The minimum absolute atomic E-state index is 0.0885. The van der Waals surface area contributed by atoms with Gasteiger partial charge in [-0.2, -0.15) is 0 Å². The van der Waals surface area contributed by atoms with E-state index in [1.54, 1.807) is 0 Å². The van der Waals surface area contributed by atoms with Crippen LogP contribution < -0.4 is 5.32 Å². The zero-order valence-electron chi connectivity index (χ0n) is 8.20. The van der Waals surface area contributed by atoms with Gasteiger partial charge in [0.2, 0.25) is 0 Å². The standard InChI is InChI=1S/C10H14ClN3/c1-2-14-6-10(13-7-14)8-3-9(11)5-12-4-8/h3,6-7,9,12H,2,4-5H2,1H3. The molecule has 76 valence electrons. The molecule has 1 aliphatic heterocycles. The van der Waals surface area contributed by atoms with E-state index in [4.69, 9.17) is 11.6 Å². The normalized spacial score (nSPS) is 22.1. The Balaban J connectivity index is 2.21. The van der Waals surface area contributed by atoms with Gasteiger partial charge in [-0.15, -0.1) is 11.6 Å². The summed E-state index contributed by atoms with van der Waals surface area (Å²) in [6.45, 7) is 4.77. The average molecular weight is 212 g/mol. The van der Waals surface area contributed by atoms with Gasteiger partial charge in [-0.1, -0.05) is 6.08 Å². The van der Waals surface area contributed by atoms with Crippen molar-refractivity contribution in [3.8, 4) is 0 Å². The monoisotopic (exact) mass is 211 g/mol. The maximum atomic E-state index is 6.03. The van der Waals surface area contributed by atoms with Crippen LogP contribution in [0.15, 0.2) is 18.6 Å². The first-order valence-corrected chi connectivity index (χ1v) is 5.31. The second-order valence-corrected chi connectivity index (χ2v) is 3.99. The molecule has 0 fully saturated rings. The fourth-order valence-corrected chi connectivity index (χ4v) is 1.82. The van der Waals surface area contributed by atoms with Gasteiger partial charge < -0.3 is 9.88 Å². The number of alkyl halides is 1. The molecule has 1 aliphatic rings. The maximum absolute atomic E-state index is 6.03. The lowest BCUT2D eigenvalue weighted by Gasteiger charge is -2.16. The van der Waals surface area contributed by atoms with Crippen LogP contribution in [-0.2, 0) is 6.54 Å². The summed E-state index contributed by atoms with van der Waals surface area (Å²) in [7, 11) is 0. The number of hydrogen-bond donors (Lipinski definition) is 1. The summed E-state index contributed by atoms with van der Waals surface area (Å²) in [6.07, 6.45) is 6.00. The van der Waals surface area contributed by atoms with Crippen molar-refractivity contribution in [2.75, 3.05) is 13.1 Å². The molecule has 1 N–H and O–H groups in total. The van der Waals surface area contributed by atoms with Crippen LogP contribution >= 0.6 is 11.6 Å². The Morgan fingerprint density at radius 3 is 3.21 bits per heavy atom. The lowest BCUT2D eigenvalue weighted by atomic mass is 10.1. The van der Waals surface area contributed by atoms with Crippen molar-refractivity contribution in [3.63, 3.8) is 0 Å². The largest absolute Gasteiger partial charge is 0.337 e. The highest BCUT2D eigenvalue weighted by Gasteiger charge is 2.13. The molecular weight excluding hydrogens is 198 g/mol. The first-order valence-electron chi connectivity index (χ1n) is 4.87. The Morgan fingerprint density at radius 1 is 1.71 bits per heavy atom. The molecule has 0 aliphatic carbocycles. The molecule has 0 radical (unpaired) electrons. The highest BCUT2D eigenvalue weighted by atomic mass is 35.5. The van der Waals surface area contributed by atoms with Crippen LogP contribution in [0.25, 0.3) is 5.57 Å². The van der Waals surface area contributed by atoms with E-state index in [1.165, 1.54) is 5.57 Å². The Morgan fingerprint density at radius 2 is 2.57 bits per heavy atom. The van der Waals surface area contributed by atoms with Gasteiger partial charge in [-0.25, -0.2) is 4.98 Å². The van der Waals surface area contributed by atoms with E-state index in [2.05, 4.69) is 34.1 Å². The number of imidazole rings is 1. The summed E-state index contributed by atoms with van der Waals surface area (Å²) in [5, 5.41) is 3.35. The third-order valence-electron chi connectivity index (χ3n) is 2.36. The predicted molar refractivity (Wildman–Crippen MR) is 58.4 cm³/mol. The molecule has 4 heteroatoms. The second-order valence-electron chi connectivity index (χ2n) is 3.43. The van der Waals surface area contributed by atoms with Crippen LogP contribution in [0.1, 0.15) is 12.6 Å². The van der Waals surface area contributed by atoms with Crippen molar-refractivity contribution in [1.29, 1.82) is 0 Å². The zero-order chi connectivity index (χ0) is 9.97. The van der Waals surface area contributed by atoms with Crippen LogP contribution in [-0.4, -0.2) is 28.0 Å². The average Bonchev–Trinajstić information content (AvgIpc) is 2.66. The number of aryl methyl sites for hydroxylation is 1. The van der Waals surface area contributed by atoms with Crippen molar-refractivity contribution in [2.24, 2.45) is 0 Å². The van der Waals surface area contributed by atoms with Crippen molar-refractivity contribution in [2.45, 2.75) is 18.8 Å². The van der Waals surface area contributed by atoms with Gasteiger partial charge in [-0.05, 0) is 12.5 Å². The highest BCUT2D eigenvalue weighted by molar-refractivity contribution is 6.22. The molecule has 1 atom stereocenters. The number of aromatic nitrogens is 2. The molecule has 0 saturated heterocycles. The van der Waals surface area contributed by atoms with Gasteiger partial charge in [0.05, 0.1) is 17.4 Å². The van der Waals surface area contributed by atoms with E-state index in [-0.39, 0.29) is 5.38 Å². The SMILES string of the molecule is CCn1cnc(C2=CC(Cl)CNC2)c1. The molecule has 2 rings (SSSR count). The number of hydrogen-bond acceptors (Lipinski definition) is 2. The molecule has 0 amide bonds. The van der Waals surface area contributed by atoms with Crippen molar-refractivity contribution < 1.29 is 0 Å². The van der Waals surface area contributed by atoms with Crippen molar-refractivity contribution in [1.82, 2.24) is 14.9 Å². The molecule has 2 heterocycles. The van der Waals surface area contributed by atoms with Crippen LogP contribution in [0, 0.1) is 0 Å². The van der Waals surface area contributed by atoms with E-state index in [9.17, 15) is 0 Å². The summed E-state index contributed by atoms with van der Waals surface area (Å²) in [5.41, 5.74) is 2.23. The first kappa shape index (κ1) is 9.74. The van der Waals surface area contributed by atoms with Gasteiger partial charge in [0.1, 0.15) is 0 Å². The Hall–Kier alpha value is -0.800. The summed E-state index contributed by atoms with van der Waals surface area (Å²) in [6, 6.07) is 0. The molecule has 0 spiro atoms. The number of nitrogens with one attached hydrogen (secondary N) is 1. The summed E-state index contributed by atoms with van der Waals surface area (Å²) >= 11 is 6.03. The molecule has 0 bridgehead atoms. The highest BCUT2D eigenvalue weighted by Crippen LogP contribution is 2.16. The third-order valence-corrected chi connectivity index (χ3v) is 2.64. The van der Waals surface area contributed by atoms with Gasteiger partial charge in [0, 0.05) is 25.8 Å². The van der Waals surface area contributed by atoms with Crippen molar-refractivity contribution in [3.05, 3.63) is 24.3 Å². The number of nitrogens with zero attached hydrogens (tertiary/aromatic N) is 2. The van der Waals surface area contributed by atoms with Gasteiger partial charge in [-0.3, -0.25) is 0 Å². The summed E-state index contributed by atoms with van der Waals surface area (Å²) < 4.78 is 2.06. The van der Waals surface area contributed by atoms with Crippen LogP contribution in [0.2, 0.25) is 0 Å². The fourth-order valence-electron chi connectivity index (χ4n) is 1.56. The van der Waals surface area contributed by atoms with Crippen LogP contribution in [0.5, 0.6) is 0 Å². The van der Waals surface area contributed by atoms with Gasteiger partial charge in [0.15, 0.2) is 0 Å². The third kappa shape index (κ3) is 1.99.